The highest BCUT2D eigenvalue weighted by molar-refractivity contribution is 6.39. The SMILES string of the molecule is C=CCOCCO[C@@H]1CC[C@@H](C[C@@H](C)[C@@H]2CC(=O)[C@H](C)/C=C(\C)[C@@H](O)[C@@H](OC)C(=O)[C@H](C)C[C@H](C)/C=C/C=C/C=C(\C)[C@@H](OC)C[C@@H]3CC[C@@H](C)[C@@](O)(O3)C(=O)C(=O)N3CCCCC3C(=O)O2)C[C@H]1OC. The van der Waals surface area contributed by atoms with Crippen LogP contribution in [0.15, 0.2) is 60.3 Å². The number of hydrogen-bond donors (Lipinski definition) is 2. The minimum Gasteiger partial charge on any atom is -0.460 e. The number of nitrogens with zero attached hydrogens (tertiary/aromatic N) is 1. The molecule has 4 aliphatic rings. The number of carbonyl (C=O) groups excluding carboxylic acids is 5. The Kier molecular flexibility index (Phi) is 24.7. The topological polar surface area (TPSA) is 194 Å². The van der Waals surface area contributed by atoms with E-state index >= 15 is 0 Å². The number of piperidine rings is 1. The lowest BCUT2D eigenvalue weighted by molar-refractivity contribution is -0.265. The first kappa shape index (κ1) is 59.9. The molecule has 4 rings (SSSR count). The lowest BCUT2D eigenvalue weighted by Gasteiger charge is -2.42. The average Bonchev–Trinajstić information content (AvgIpc) is 3.35. The molecule has 71 heavy (non-hydrogen) atoms. The van der Waals surface area contributed by atoms with Gasteiger partial charge in [0.15, 0.2) is 5.78 Å². The van der Waals surface area contributed by atoms with E-state index in [2.05, 4.69) is 6.58 Å². The van der Waals surface area contributed by atoms with Crippen molar-refractivity contribution < 1.29 is 67.3 Å². The smallest absolute Gasteiger partial charge is 0.329 e. The molecule has 2 N–H and O–H groups in total. The summed E-state index contributed by atoms with van der Waals surface area (Å²) in [4.78, 5) is 72.4. The molecule has 3 heterocycles. The van der Waals surface area contributed by atoms with Crippen molar-refractivity contribution in [2.45, 2.75) is 180 Å². The summed E-state index contributed by atoms with van der Waals surface area (Å²) in [5.74, 6) is -7.90. The molecule has 1 unspecified atom stereocenters. The van der Waals surface area contributed by atoms with Crippen LogP contribution in [-0.2, 0) is 57.1 Å². The standard InChI is InChI=1S/C56H87NO14/c1-12-26-68-27-28-69-46-24-22-42(32-49(46)66-10)31-38(5)48-34-45(58)37(4)30-40(7)51(60)52(67-11)50(59)39(6)29-35(2)18-14-13-15-19-36(3)47(65-9)33-43-23-21-41(8)56(64,71-43)53(61)54(62)57-25-17-16-20-44(57)55(63)70-48/h12-15,18-19,30,35,37-39,41-44,46-49,51-52,60,64H,1,16-17,20-29,31-34H2,2-11H3/b15-13+,18-14+,36-19+,40-30+/t35-,37-,38-,39-,41-,42+,43+,44?,46-,47+,48+,49-,51-,52+,56-/m1/s1. The average molecular weight is 998 g/mol. The van der Waals surface area contributed by atoms with Gasteiger partial charge < -0.3 is 48.3 Å². The van der Waals surface area contributed by atoms with E-state index < -0.39 is 77.8 Å². The summed E-state index contributed by atoms with van der Waals surface area (Å²) < 4.78 is 41.5. The fraction of sp³-hybridized carbons (Fsp3) is 0.732. The molecule has 1 saturated carbocycles. The largest absolute Gasteiger partial charge is 0.460 e. The number of amides is 1. The van der Waals surface area contributed by atoms with Gasteiger partial charge >= 0.3 is 5.97 Å². The maximum Gasteiger partial charge on any atom is 0.329 e. The maximum atomic E-state index is 14.5. The predicted molar refractivity (Wildman–Crippen MR) is 270 cm³/mol. The van der Waals surface area contributed by atoms with Crippen LogP contribution in [0.5, 0.6) is 0 Å². The summed E-state index contributed by atoms with van der Waals surface area (Å²) >= 11 is 0. The number of fused-ring (bicyclic) bond motifs is 3. The number of carbonyl (C=O) groups is 5. The zero-order valence-electron chi connectivity index (χ0n) is 44.4. The third kappa shape index (κ3) is 16.9. The molecule has 0 aromatic carbocycles. The van der Waals surface area contributed by atoms with E-state index in [-0.39, 0.29) is 60.9 Å². The monoisotopic (exact) mass is 998 g/mol. The Bertz CT molecular complexity index is 1890. The number of aliphatic hydroxyl groups excluding tert-OH is 1. The molecule has 3 fully saturated rings. The van der Waals surface area contributed by atoms with Gasteiger partial charge in [0.25, 0.3) is 11.7 Å². The number of allylic oxidation sites excluding steroid dienone is 6. The van der Waals surface area contributed by atoms with Crippen molar-refractivity contribution in [2.75, 3.05) is 47.7 Å². The number of ether oxygens (including phenoxy) is 7. The van der Waals surface area contributed by atoms with Crippen molar-refractivity contribution in [2.24, 2.45) is 35.5 Å². The summed E-state index contributed by atoms with van der Waals surface area (Å²) in [7, 11) is 4.63. The second-order valence-corrected chi connectivity index (χ2v) is 20.8. The van der Waals surface area contributed by atoms with Crippen LogP contribution in [-0.4, -0.2) is 147 Å². The molecule has 0 aromatic heterocycles. The highest BCUT2D eigenvalue weighted by Gasteiger charge is 2.53. The molecule has 3 aliphatic heterocycles. The molecule has 400 valence electrons. The van der Waals surface area contributed by atoms with Gasteiger partial charge in [0.1, 0.15) is 30.1 Å². The van der Waals surface area contributed by atoms with Gasteiger partial charge in [-0.25, -0.2) is 4.79 Å². The number of esters is 1. The molecule has 1 aliphatic carbocycles. The zero-order chi connectivity index (χ0) is 52.4. The molecule has 15 heteroatoms. The number of cyclic esters (lactones) is 1. The van der Waals surface area contributed by atoms with Crippen LogP contribution in [0.25, 0.3) is 0 Å². The second kappa shape index (κ2) is 29.3. The first-order valence-corrected chi connectivity index (χ1v) is 26.1. The van der Waals surface area contributed by atoms with Crippen LogP contribution in [0, 0.1) is 35.5 Å². The normalized spacial score (nSPS) is 37.9. The van der Waals surface area contributed by atoms with Gasteiger partial charge in [-0.15, -0.1) is 6.58 Å². The summed E-state index contributed by atoms with van der Waals surface area (Å²) in [6, 6.07) is -1.14. The third-order valence-corrected chi connectivity index (χ3v) is 15.2. The quantitative estimate of drug-likeness (QED) is 0.0850. The fourth-order valence-corrected chi connectivity index (χ4v) is 10.7. The lowest BCUT2D eigenvalue weighted by atomic mass is 9.78. The molecular formula is C56H87NO14. The van der Waals surface area contributed by atoms with E-state index in [9.17, 15) is 34.2 Å². The van der Waals surface area contributed by atoms with Crippen molar-refractivity contribution in [1.29, 1.82) is 0 Å². The third-order valence-electron chi connectivity index (χ3n) is 15.2. The second-order valence-electron chi connectivity index (χ2n) is 20.8. The Labute approximate surface area is 423 Å². The summed E-state index contributed by atoms with van der Waals surface area (Å²) in [6.45, 7) is 17.8. The van der Waals surface area contributed by atoms with E-state index in [0.29, 0.717) is 76.8 Å². The van der Waals surface area contributed by atoms with Gasteiger partial charge in [-0.1, -0.05) is 77.2 Å². The van der Waals surface area contributed by atoms with Gasteiger partial charge in [0, 0.05) is 58.5 Å². The Morgan fingerprint density at radius 1 is 0.873 bits per heavy atom. The van der Waals surface area contributed by atoms with Crippen LogP contribution in [0.1, 0.15) is 126 Å². The Balaban J connectivity index is 1.67. The zero-order valence-corrected chi connectivity index (χ0v) is 44.4. The lowest BCUT2D eigenvalue weighted by Crippen LogP contribution is -2.61. The molecule has 15 nitrogen and oxygen atoms in total. The highest BCUT2D eigenvalue weighted by atomic mass is 16.6. The fourth-order valence-electron chi connectivity index (χ4n) is 10.7. The van der Waals surface area contributed by atoms with Crippen molar-refractivity contribution >= 4 is 29.2 Å². The van der Waals surface area contributed by atoms with Crippen LogP contribution in [0.2, 0.25) is 0 Å². The minimum atomic E-state index is -2.43. The Hall–Kier alpha value is -3.67. The van der Waals surface area contributed by atoms with Crippen LogP contribution in [0.3, 0.4) is 0 Å². The van der Waals surface area contributed by atoms with E-state index in [1.54, 1.807) is 47.1 Å². The van der Waals surface area contributed by atoms with E-state index in [4.69, 9.17) is 33.2 Å². The molecule has 1 amide bonds. The number of hydrogen-bond acceptors (Lipinski definition) is 14. The first-order valence-electron chi connectivity index (χ1n) is 26.1. The molecule has 15 atom stereocenters. The number of ketones is 3. The molecule has 0 radical (unpaired) electrons. The summed E-state index contributed by atoms with van der Waals surface area (Å²) in [5.41, 5.74) is 1.27. The maximum absolute atomic E-state index is 14.5. The number of methoxy groups -OCH3 is 3. The van der Waals surface area contributed by atoms with Gasteiger partial charge in [-0.05, 0) is 107 Å². The van der Waals surface area contributed by atoms with Crippen molar-refractivity contribution in [1.82, 2.24) is 4.90 Å². The van der Waals surface area contributed by atoms with E-state index in [1.807, 2.05) is 58.1 Å². The number of rotatable bonds is 12. The van der Waals surface area contributed by atoms with Crippen LogP contribution in [0.4, 0.5) is 0 Å². The van der Waals surface area contributed by atoms with Crippen molar-refractivity contribution in [3.63, 3.8) is 0 Å². The molecule has 0 spiro atoms. The van der Waals surface area contributed by atoms with Crippen molar-refractivity contribution in [3.05, 3.63) is 60.3 Å². The number of Topliss-reactive ketones (excluding diaryl/α,β-unsaturated/α-hetero) is 3. The van der Waals surface area contributed by atoms with E-state index in [0.717, 1.165) is 18.4 Å². The Morgan fingerprint density at radius 2 is 1.62 bits per heavy atom. The van der Waals surface area contributed by atoms with E-state index in [1.165, 1.54) is 12.0 Å². The van der Waals surface area contributed by atoms with Gasteiger partial charge in [0.05, 0.1) is 44.2 Å². The number of aliphatic hydroxyl groups is 2. The van der Waals surface area contributed by atoms with Crippen LogP contribution < -0.4 is 0 Å². The molecular weight excluding hydrogens is 911 g/mol. The van der Waals surface area contributed by atoms with Crippen LogP contribution >= 0.6 is 0 Å². The minimum absolute atomic E-state index is 0.0168. The molecule has 2 bridgehead atoms. The van der Waals surface area contributed by atoms with Gasteiger partial charge in [-0.2, -0.15) is 0 Å². The van der Waals surface area contributed by atoms with Gasteiger partial charge in [-0.3, -0.25) is 19.2 Å². The van der Waals surface area contributed by atoms with Crippen molar-refractivity contribution in [3.8, 4) is 0 Å². The Morgan fingerprint density at radius 3 is 2.31 bits per heavy atom. The predicted octanol–water partition coefficient (Wildman–Crippen LogP) is 7.41. The van der Waals surface area contributed by atoms with Gasteiger partial charge in [0.2, 0.25) is 5.79 Å². The summed E-state index contributed by atoms with van der Waals surface area (Å²) in [5, 5.41) is 23.5. The highest BCUT2D eigenvalue weighted by Crippen LogP contribution is 2.38. The first-order chi connectivity index (χ1) is 33.8. The molecule has 0 aromatic rings. The molecule has 2 saturated heterocycles. The summed E-state index contributed by atoms with van der Waals surface area (Å²) in [6.07, 6.45) is 14.0.